The summed E-state index contributed by atoms with van der Waals surface area (Å²) >= 11 is 0. The average Bonchev–Trinajstić information content (AvgIpc) is 3.69. The topological polar surface area (TPSA) is 8.17 Å². The highest BCUT2D eigenvalue weighted by atomic mass is 15.1. The van der Waals surface area contributed by atoms with Crippen LogP contribution in [-0.2, 0) is 0 Å². The summed E-state index contributed by atoms with van der Waals surface area (Å²) in [5, 5.41) is 2.44. The Bertz CT molecular complexity index is 3180. The average molecular weight is 791 g/mol. The van der Waals surface area contributed by atoms with E-state index in [-0.39, 0.29) is 0 Å². The maximum Gasteiger partial charge on any atom is 0.0619 e. The number of fused-ring (bicyclic) bond motifs is 3. The molecule has 10 aromatic carbocycles. The van der Waals surface area contributed by atoms with Gasteiger partial charge in [0.25, 0.3) is 0 Å². The van der Waals surface area contributed by atoms with Crippen molar-refractivity contribution in [3.8, 4) is 61.3 Å². The van der Waals surface area contributed by atoms with E-state index in [1.54, 1.807) is 0 Å². The van der Waals surface area contributed by atoms with Crippen LogP contribution in [0.1, 0.15) is 0 Å². The summed E-state index contributed by atoms with van der Waals surface area (Å²) in [6.07, 6.45) is 0. The Morgan fingerprint density at radius 2 is 0.629 bits per heavy atom. The van der Waals surface area contributed by atoms with Gasteiger partial charge < -0.3 is 9.47 Å². The van der Waals surface area contributed by atoms with Crippen molar-refractivity contribution in [3.63, 3.8) is 0 Å². The second kappa shape index (κ2) is 16.1. The molecule has 0 aliphatic rings. The molecule has 0 radical (unpaired) electrons. The maximum atomic E-state index is 2.48. The highest BCUT2D eigenvalue weighted by Gasteiger charge is 2.21. The standard InChI is InChI=1S/C60H42N2/c1-6-16-43(17-7-1)47-26-31-52(32-27-47)61(53-33-28-48(29-34-53)44-18-8-2-9-19-44)54-35-37-55(38-36-54)62-59-42-50(45-20-10-3-11-21-45)30-39-56(59)58-41-51(46-22-12-4-13-23-46)40-57(60(58)62)49-24-14-5-15-25-49/h1-42H. The van der Waals surface area contributed by atoms with Crippen LogP contribution >= 0.6 is 0 Å². The first-order valence-corrected chi connectivity index (χ1v) is 21.3. The van der Waals surface area contributed by atoms with Crippen LogP contribution in [0.3, 0.4) is 0 Å². The highest BCUT2D eigenvalue weighted by molar-refractivity contribution is 6.16. The lowest BCUT2D eigenvalue weighted by Gasteiger charge is -2.26. The fourth-order valence-corrected chi connectivity index (χ4v) is 8.92. The van der Waals surface area contributed by atoms with Gasteiger partial charge in [0.2, 0.25) is 0 Å². The van der Waals surface area contributed by atoms with E-state index in [0.717, 1.165) is 22.7 Å². The van der Waals surface area contributed by atoms with E-state index in [4.69, 9.17) is 0 Å². The van der Waals surface area contributed by atoms with Crippen molar-refractivity contribution in [2.75, 3.05) is 4.90 Å². The van der Waals surface area contributed by atoms with Gasteiger partial charge in [-0.2, -0.15) is 0 Å². The van der Waals surface area contributed by atoms with Crippen molar-refractivity contribution in [2.45, 2.75) is 0 Å². The molecule has 1 aromatic heterocycles. The summed E-state index contributed by atoms with van der Waals surface area (Å²) in [5.41, 5.74) is 18.7. The van der Waals surface area contributed by atoms with Crippen LogP contribution in [0.5, 0.6) is 0 Å². The molecule has 0 amide bonds. The number of aromatic nitrogens is 1. The lowest BCUT2D eigenvalue weighted by Crippen LogP contribution is -2.10. The summed E-state index contributed by atoms with van der Waals surface area (Å²) < 4.78 is 2.48. The predicted molar refractivity (Wildman–Crippen MR) is 263 cm³/mol. The van der Waals surface area contributed by atoms with Crippen molar-refractivity contribution < 1.29 is 0 Å². The summed E-state index contributed by atoms with van der Waals surface area (Å²) in [6.45, 7) is 0. The van der Waals surface area contributed by atoms with Crippen LogP contribution in [0, 0.1) is 0 Å². The Morgan fingerprint density at radius 3 is 1.10 bits per heavy atom. The number of rotatable bonds is 9. The molecule has 62 heavy (non-hydrogen) atoms. The minimum absolute atomic E-state index is 1.08. The summed E-state index contributed by atoms with van der Waals surface area (Å²) in [6, 6.07) is 92.1. The zero-order chi connectivity index (χ0) is 41.2. The molecule has 0 saturated heterocycles. The molecule has 0 unspecified atom stereocenters. The molecule has 292 valence electrons. The SMILES string of the molecule is c1ccc(-c2ccc(N(c3ccc(-c4ccccc4)cc3)c3ccc(-n4c5cc(-c6ccccc6)ccc5c5cc(-c6ccccc6)cc(-c6ccccc6)c54)cc3)cc2)cc1. The first-order valence-electron chi connectivity index (χ1n) is 21.3. The van der Waals surface area contributed by atoms with Crippen LogP contribution in [0.25, 0.3) is 83.1 Å². The molecule has 0 fully saturated rings. The minimum Gasteiger partial charge on any atom is -0.311 e. The van der Waals surface area contributed by atoms with Gasteiger partial charge in [-0.25, -0.2) is 0 Å². The molecule has 11 aromatic rings. The van der Waals surface area contributed by atoms with Crippen LogP contribution in [0.4, 0.5) is 17.1 Å². The van der Waals surface area contributed by atoms with Gasteiger partial charge in [0.05, 0.1) is 11.0 Å². The smallest absolute Gasteiger partial charge is 0.0619 e. The Balaban J connectivity index is 1.10. The number of benzene rings is 10. The molecule has 1 heterocycles. The molecular weight excluding hydrogens is 749 g/mol. The van der Waals surface area contributed by atoms with Gasteiger partial charge in [0.15, 0.2) is 0 Å². The zero-order valence-corrected chi connectivity index (χ0v) is 34.1. The fourth-order valence-electron chi connectivity index (χ4n) is 8.92. The second-order valence-corrected chi connectivity index (χ2v) is 15.8. The summed E-state index contributed by atoms with van der Waals surface area (Å²) in [5.74, 6) is 0. The van der Waals surface area contributed by atoms with Crippen molar-refractivity contribution >= 4 is 38.9 Å². The van der Waals surface area contributed by atoms with Crippen LogP contribution < -0.4 is 4.90 Å². The monoisotopic (exact) mass is 790 g/mol. The van der Waals surface area contributed by atoms with Crippen molar-refractivity contribution in [3.05, 3.63) is 255 Å². The first-order chi connectivity index (χ1) is 30.7. The number of hydrogen-bond donors (Lipinski definition) is 0. The second-order valence-electron chi connectivity index (χ2n) is 15.8. The van der Waals surface area contributed by atoms with E-state index < -0.39 is 0 Å². The molecule has 2 nitrogen and oxygen atoms in total. The van der Waals surface area contributed by atoms with Crippen LogP contribution in [0.15, 0.2) is 255 Å². The van der Waals surface area contributed by atoms with Crippen LogP contribution in [-0.4, -0.2) is 4.57 Å². The van der Waals surface area contributed by atoms with Gasteiger partial charge >= 0.3 is 0 Å². The lowest BCUT2D eigenvalue weighted by molar-refractivity contribution is 1.17. The molecular formula is C60H42N2. The van der Waals surface area contributed by atoms with Gasteiger partial charge in [0.1, 0.15) is 0 Å². The van der Waals surface area contributed by atoms with Gasteiger partial charge in [-0.3, -0.25) is 0 Å². The number of hydrogen-bond acceptors (Lipinski definition) is 1. The Kier molecular flexibility index (Phi) is 9.57. The molecule has 0 saturated carbocycles. The molecule has 0 spiro atoms. The van der Waals surface area contributed by atoms with Crippen LogP contribution in [0.2, 0.25) is 0 Å². The molecule has 0 bridgehead atoms. The first kappa shape index (κ1) is 36.8. The third kappa shape index (κ3) is 6.94. The Labute approximate surface area is 362 Å². The van der Waals surface area contributed by atoms with Gasteiger partial charge in [-0.05, 0) is 117 Å². The molecule has 11 rings (SSSR count). The van der Waals surface area contributed by atoms with Crippen molar-refractivity contribution in [1.29, 1.82) is 0 Å². The van der Waals surface area contributed by atoms with E-state index in [1.165, 1.54) is 77.4 Å². The molecule has 0 aliphatic heterocycles. The Morgan fingerprint density at radius 1 is 0.258 bits per heavy atom. The zero-order valence-electron chi connectivity index (χ0n) is 34.1. The third-order valence-corrected chi connectivity index (χ3v) is 12.0. The maximum absolute atomic E-state index is 2.48. The minimum atomic E-state index is 1.08. The molecule has 0 atom stereocenters. The predicted octanol–water partition coefficient (Wildman–Crippen LogP) is 16.6. The molecule has 2 heteroatoms. The van der Waals surface area contributed by atoms with Crippen molar-refractivity contribution in [2.24, 2.45) is 0 Å². The number of nitrogens with zero attached hydrogens (tertiary/aromatic N) is 2. The highest BCUT2D eigenvalue weighted by Crippen LogP contribution is 2.43. The summed E-state index contributed by atoms with van der Waals surface area (Å²) in [4.78, 5) is 2.36. The Hall–Kier alpha value is -8.20. The van der Waals surface area contributed by atoms with Gasteiger partial charge in [0, 0.05) is 39.1 Å². The largest absolute Gasteiger partial charge is 0.311 e. The normalized spacial score (nSPS) is 11.2. The van der Waals surface area contributed by atoms with E-state index in [0.29, 0.717) is 0 Å². The van der Waals surface area contributed by atoms with E-state index in [9.17, 15) is 0 Å². The van der Waals surface area contributed by atoms with Crippen molar-refractivity contribution in [1.82, 2.24) is 4.57 Å². The van der Waals surface area contributed by atoms with Gasteiger partial charge in [-0.1, -0.05) is 188 Å². The fraction of sp³-hybridized carbons (Fsp3) is 0. The van der Waals surface area contributed by atoms with E-state index >= 15 is 0 Å². The lowest BCUT2D eigenvalue weighted by atomic mass is 9.95. The number of anilines is 3. The molecule has 0 aliphatic carbocycles. The quantitative estimate of drug-likeness (QED) is 0.141. The van der Waals surface area contributed by atoms with E-state index in [1.807, 2.05) is 0 Å². The van der Waals surface area contributed by atoms with E-state index in [2.05, 4.69) is 264 Å². The summed E-state index contributed by atoms with van der Waals surface area (Å²) in [7, 11) is 0. The third-order valence-electron chi connectivity index (χ3n) is 12.0. The van der Waals surface area contributed by atoms with Gasteiger partial charge in [-0.15, -0.1) is 0 Å². The molecule has 0 N–H and O–H groups in total.